The molecule has 9 nitrogen and oxygen atoms in total. The van der Waals surface area contributed by atoms with Crippen molar-refractivity contribution in [3.63, 3.8) is 0 Å². The number of ether oxygens (including phenoxy) is 1. The Bertz CT molecular complexity index is 277. The Morgan fingerprint density at radius 2 is 1.76 bits per heavy atom. The van der Waals surface area contributed by atoms with Crippen LogP contribution in [0.25, 0.3) is 0 Å². The number of phosphoric acid groups is 1. The average molecular weight is 274 g/mol. The molecule has 102 valence electrons. The molecule has 0 saturated carbocycles. The second kappa shape index (κ2) is 7.14. The predicted octanol–water partition coefficient (Wildman–Crippen LogP) is -2.61. The summed E-state index contributed by atoms with van der Waals surface area (Å²) in [6.45, 7) is -0.905. The van der Waals surface area contributed by atoms with E-state index in [1.165, 1.54) is 0 Å². The third kappa shape index (κ3) is 6.20. The van der Waals surface area contributed by atoms with E-state index in [0.29, 0.717) is 0 Å². The summed E-state index contributed by atoms with van der Waals surface area (Å²) in [5, 5.41) is 27.9. The van der Waals surface area contributed by atoms with E-state index in [0.717, 1.165) is 7.11 Å². The lowest BCUT2D eigenvalue weighted by atomic mass is 10.0. The molecule has 5 N–H and O–H groups in total. The van der Waals surface area contributed by atoms with Gasteiger partial charge in [-0.3, -0.25) is 4.52 Å². The lowest BCUT2D eigenvalue weighted by Gasteiger charge is -2.25. The predicted molar refractivity (Wildman–Crippen MR) is 52.9 cm³/mol. The topological polar surface area (TPSA) is 154 Å². The molecular formula is C7H15O9P. The molecule has 4 atom stereocenters. The zero-order valence-corrected chi connectivity index (χ0v) is 9.80. The molecule has 0 aromatic heterocycles. The van der Waals surface area contributed by atoms with Gasteiger partial charge in [-0.05, 0) is 0 Å². The van der Waals surface area contributed by atoms with Gasteiger partial charge >= 0.3 is 7.82 Å². The van der Waals surface area contributed by atoms with Gasteiger partial charge in [-0.1, -0.05) is 0 Å². The van der Waals surface area contributed by atoms with E-state index in [-0.39, 0.29) is 6.29 Å². The van der Waals surface area contributed by atoms with Gasteiger partial charge in [0.1, 0.15) is 24.4 Å². The van der Waals surface area contributed by atoms with Crippen LogP contribution >= 0.6 is 7.82 Å². The number of hydrogen-bond acceptors (Lipinski definition) is 7. The van der Waals surface area contributed by atoms with E-state index in [1.807, 2.05) is 0 Å². The first-order valence-corrected chi connectivity index (χ1v) is 5.98. The lowest BCUT2D eigenvalue weighted by molar-refractivity contribution is -0.140. The zero-order valence-electron chi connectivity index (χ0n) is 8.91. The summed E-state index contributed by atoms with van der Waals surface area (Å²) in [6, 6.07) is 0. The van der Waals surface area contributed by atoms with Gasteiger partial charge in [0.2, 0.25) is 0 Å². The Kier molecular flexibility index (Phi) is 6.98. The van der Waals surface area contributed by atoms with Crippen molar-refractivity contribution >= 4 is 14.1 Å². The molecule has 0 unspecified atom stereocenters. The summed E-state index contributed by atoms with van der Waals surface area (Å²) in [4.78, 5) is 27.1. The Morgan fingerprint density at radius 3 is 2.12 bits per heavy atom. The number of hydrogen-bond donors (Lipinski definition) is 5. The summed E-state index contributed by atoms with van der Waals surface area (Å²) in [5.41, 5.74) is 0. The molecule has 0 amide bonds. The molecule has 0 radical (unpaired) electrons. The molecule has 0 saturated heterocycles. The maximum atomic E-state index is 10.4. The summed E-state index contributed by atoms with van der Waals surface area (Å²) >= 11 is 0. The number of phosphoric ester groups is 1. The maximum absolute atomic E-state index is 10.4. The van der Waals surface area contributed by atoms with Gasteiger partial charge < -0.3 is 34.6 Å². The fraction of sp³-hybridized carbons (Fsp3) is 0.857. The standard InChI is InChI=1S/C7H15O9P/c1-15-5(2-8)7(11)6(10)4(9)3-16-17(12,13)14/h2,4-7,9-11H,3H2,1H3,(H2,12,13,14)/t4-,5+,6-,7+/m1/s1. The highest BCUT2D eigenvalue weighted by Gasteiger charge is 2.32. The number of methoxy groups -OCH3 is 1. The fourth-order valence-corrected chi connectivity index (χ4v) is 1.32. The van der Waals surface area contributed by atoms with Crippen LogP contribution in [0.15, 0.2) is 0 Å². The van der Waals surface area contributed by atoms with Gasteiger partial charge in [0, 0.05) is 7.11 Å². The fourth-order valence-electron chi connectivity index (χ4n) is 0.969. The van der Waals surface area contributed by atoms with Crippen molar-refractivity contribution in [1.82, 2.24) is 0 Å². The highest BCUT2D eigenvalue weighted by molar-refractivity contribution is 7.46. The van der Waals surface area contributed by atoms with Crippen molar-refractivity contribution in [2.45, 2.75) is 24.4 Å². The molecule has 10 heteroatoms. The summed E-state index contributed by atoms with van der Waals surface area (Å²) in [6.07, 6.45) is -6.53. The van der Waals surface area contributed by atoms with Gasteiger partial charge in [0.25, 0.3) is 0 Å². The van der Waals surface area contributed by atoms with E-state index in [4.69, 9.17) is 9.79 Å². The Balaban J connectivity index is 4.33. The minimum absolute atomic E-state index is 0.213. The van der Waals surface area contributed by atoms with E-state index in [1.54, 1.807) is 0 Å². The highest BCUT2D eigenvalue weighted by Crippen LogP contribution is 2.35. The molecule has 0 rings (SSSR count). The number of carbonyl (C=O) groups is 1. The lowest BCUT2D eigenvalue weighted by Crippen LogP contribution is -2.47. The Morgan fingerprint density at radius 1 is 1.24 bits per heavy atom. The van der Waals surface area contributed by atoms with Crippen molar-refractivity contribution in [3.8, 4) is 0 Å². The molecule has 17 heavy (non-hydrogen) atoms. The van der Waals surface area contributed by atoms with Crippen molar-refractivity contribution in [3.05, 3.63) is 0 Å². The van der Waals surface area contributed by atoms with Crippen LogP contribution in [0.3, 0.4) is 0 Å². The van der Waals surface area contributed by atoms with Gasteiger partial charge in [0.15, 0.2) is 6.29 Å². The Labute approximate surface area is 96.8 Å². The average Bonchev–Trinajstić information content (AvgIpc) is 2.25. The molecule has 0 aliphatic heterocycles. The second-order valence-electron chi connectivity index (χ2n) is 3.17. The van der Waals surface area contributed by atoms with E-state index in [2.05, 4.69) is 9.26 Å². The van der Waals surface area contributed by atoms with Gasteiger partial charge in [-0.15, -0.1) is 0 Å². The quantitative estimate of drug-likeness (QED) is 0.236. The number of aldehydes is 1. The minimum Gasteiger partial charge on any atom is -0.388 e. The summed E-state index contributed by atoms with van der Waals surface area (Å²) in [7, 11) is -3.68. The van der Waals surface area contributed by atoms with Crippen LogP contribution < -0.4 is 0 Å². The van der Waals surface area contributed by atoms with Crippen molar-refractivity contribution in [1.29, 1.82) is 0 Å². The van der Waals surface area contributed by atoms with Crippen LogP contribution in [-0.2, 0) is 18.6 Å². The summed E-state index contributed by atoms with van der Waals surface area (Å²) in [5.74, 6) is 0. The van der Waals surface area contributed by atoms with Crippen LogP contribution in [0.2, 0.25) is 0 Å². The smallest absolute Gasteiger partial charge is 0.388 e. The molecule has 0 bridgehead atoms. The molecule has 0 aromatic carbocycles. The van der Waals surface area contributed by atoms with E-state index >= 15 is 0 Å². The summed E-state index contributed by atoms with van der Waals surface area (Å²) < 4.78 is 18.7. The first kappa shape index (κ1) is 16.6. The molecule has 0 spiro atoms. The van der Waals surface area contributed by atoms with Gasteiger partial charge in [-0.2, -0.15) is 0 Å². The molecule has 0 aliphatic rings. The molecule has 0 aliphatic carbocycles. The third-order valence-electron chi connectivity index (χ3n) is 1.90. The number of aliphatic hydroxyl groups is 3. The monoisotopic (exact) mass is 274 g/mol. The number of carbonyl (C=O) groups excluding carboxylic acids is 1. The number of aliphatic hydroxyl groups excluding tert-OH is 3. The van der Waals surface area contributed by atoms with E-state index < -0.39 is 38.8 Å². The molecular weight excluding hydrogens is 259 g/mol. The highest BCUT2D eigenvalue weighted by atomic mass is 31.2. The minimum atomic E-state index is -4.78. The van der Waals surface area contributed by atoms with E-state index in [9.17, 15) is 24.7 Å². The third-order valence-corrected chi connectivity index (χ3v) is 2.39. The Hall–Kier alpha value is -0.380. The van der Waals surface area contributed by atoms with Gasteiger partial charge in [0.05, 0.1) is 6.61 Å². The molecule has 0 aromatic rings. The van der Waals surface area contributed by atoms with Crippen LogP contribution in [0.4, 0.5) is 0 Å². The van der Waals surface area contributed by atoms with Crippen molar-refractivity contribution in [2.75, 3.05) is 13.7 Å². The SMILES string of the molecule is CO[C@@H](C=O)[C@H](O)[C@H](O)[C@H](O)COP(=O)(O)O. The second-order valence-corrected chi connectivity index (χ2v) is 4.41. The van der Waals surface area contributed by atoms with Crippen LogP contribution in [-0.4, -0.2) is 69.5 Å². The van der Waals surface area contributed by atoms with Crippen molar-refractivity contribution in [2.24, 2.45) is 0 Å². The molecule has 0 fully saturated rings. The van der Waals surface area contributed by atoms with Gasteiger partial charge in [-0.25, -0.2) is 4.57 Å². The zero-order chi connectivity index (χ0) is 13.6. The normalized spacial score (nSPS) is 19.4. The van der Waals surface area contributed by atoms with Crippen LogP contribution in [0.5, 0.6) is 0 Å². The maximum Gasteiger partial charge on any atom is 0.469 e. The first-order chi connectivity index (χ1) is 7.72. The molecule has 0 heterocycles. The van der Waals surface area contributed by atoms with Crippen molar-refractivity contribution < 1.29 is 43.7 Å². The largest absolute Gasteiger partial charge is 0.469 e. The number of rotatable bonds is 8. The van der Waals surface area contributed by atoms with Crippen LogP contribution in [0, 0.1) is 0 Å². The first-order valence-electron chi connectivity index (χ1n) is 4.45. The van der Waals surface area contributed by atoms with Crippen LogP contribution in [0.1, 0.15) is 0 Å².